The summed E-state index contributed by atoms with van der Waals surface area (Å²) in [7, 11) is 0. The molecule has 0 saturated heterocycles. The average molecular weight is 367 g/mol. The van der Waals surface area contributed by atoms with Crippen molar-refractivity contribution in [2.75, 3.05) is 0 Å². The van der Waals surface area contributed by atoms with Crippen molar-refractivity contribution in [2.45, 2.75) is 85.2 Å². The number of hydrogen-bond acceptors (Lipinski definition) is 1. The molecule has 1 nitrogen and oxygen atoms in total. The van der Waals surface area contributed by atoms with E-state index >= 15 is 0 Å². The Morgan fingerprint density at radius 1 is 0.889 bits per heavy atom. The van der Waals surface area contributed by atoms with Crippen LogP contribution < -0.4 is 4.74 Å². The van der Waals surface area contributed by atoms with E-state index < -0.39 is 0 Å². The van der Waals surface area contributed by atoms with Crippen LogP contribution in [-0.4, -0.2) is 0 Å². The van der Waals surface area contributed by atoms with Gasteiger partial charge in [-0.3, -0.25) is 0 Å². The van der Waals surface area contributed by atoms with E-state index in [1.165, 1.54) is 42.4 Å². The van der Waals surface area contributed by atoms with Gasteiger partial charge in [-0.1, -0.05) is 97.2 Å². The Morgan fingerprint density at radius 2 is 1.52 bits per heavy atom. The summed E-state index contributed by atoms with van der Waals surface area (Å²) in [5.74, 6) is 2.34. The van der Waals surface area contributed by atoms with Gasteiger partial charge < -0.3 is 4.74 Å². The van der Waals surface area contributed by atoms with E-state index in [2.05, 4.69) is 90.1 Å². The van der Waals surface area contributed by atoms with E-state index in [1.54, 1.807) is 0 Å². The highest BCUT2D eigenvalue weighted by Gasteiger charge is 2.17. The van der Waals surface area contributed by atoms with Gasteiger partial charge in [-0.05, 0) is 52.5 Å². The number of ether oxygens (including phenoxy) is 1. The summed E-state index contributed by atoms with van der Waals surface area (Å²) in [5, 5.41) is 0. The highest BCUT2D eigenvalue weighted by Crippen LogP contribution is 2.33. The maximum absolute atomic E-state index is 6.02. The maximum Gasteiger partial charge on any atom is 0.119 e. The smallest absolute Gasteiger partial charge is 0.119 e. The molecule has 0 aliphatic heterocycles. The third kappa shape index (κ3) is 6.41. The van der Waals surface area contributed by atoms with Gasteiger partial charge in [0.2, 0.25) is 0 Å². The molecular weight excluding hydrogens is 328 g/mol. The lowest BCUT2D eigenvalue weighted by Crippen LogP contribution is -2.11. The van der Waals surface area contributed by atoms with Crippen LogP contribution in [0.4, 0.5) is 0 Å². The van der Waals surface area contributed by atoms with Crippen LogP contribution in [0, 0.1) is 5.92 Å². The van der Waals surface area contributed by atoms with Crippen molar-refractivity contribution in [3.8, 4) is 5.75 Å². The van der Waals surface area contributed by atoms with Gasteiger partial charge in [0.15, 0.2) is 0 Å². The van der Waals surface area contributed by atoms with E-state index in [9.17, 15) is 0 Å². The van der Waals surface area contributed by atoms with Crippen LogP contribution in [0.1, 0.15) is 89.8 Å². The third-order valence-electron chi connectivity index (χ3n) is 5.73. The van der Waals surface area contributed by atoms with Gasteiger partial charge >= 0.3 is 0 Å². The highest BCUT2D eigenvalue weighted by molar-refractivity contribution is 5.31. The molecule has 2 aromatic carbocycles. The fourth-order valence-electron chi connectivity index (χ4n) is 3.57. The Kier molecular flexibility index (Phi) is 7.95. The Hall–Kier alpha value is -1.76. The zero-order valence-corrected chi connectivity index (χ0v) is 18.2. The van der Waals surface area contributed by atoms with Crippen molar-refractivity contribution in [3.63, 3.8) is 0 Å². The largest absolute Gasteiger partial charge is 0.489 e. The minimum absolute atomic E-state index is 0.194. The summed E-state index contributed by atoms with van der Waals surface area (Å²) >= 11 is 0. The second-order valence-corrected chi connectivity index (χ2v) is 8.94. The third-order valence-corrected chi connectivity index (χ3v) is 5.73. The summed E-state index contributed by atoms with van der Waals surface area (Å²) in [6.45, 7) is 14.3. The monoisotopic (exact) mass is 366 g/mol. The zero-order valence-electron chi connectivity index (χ0n) is 18.2. The molecule has 0 saturated carbocycles. The lowest BCUT2D eigenvalue weighted by molar-refractivity contribution is 0.306. The molecule has 0 fully saturated rings. The second kappa shape index (κ2) is 9.97. The van der Waals surface area contributed by atoms with Crippen LogP contribution in [0.5, 0.6) is 5.75 Å². The van der Waals surface area contributed by atoms with Crippen LogP contribution in [0.2, 0.25) is 0 Å². The minimum atomic E-state index is 0.194. The van der Waals surface area contributed by atoms with Crippen molar-refractivity contribution < 1.29 is 4.74 Å². The molecule has 0 aliphatic carbocycles. The molecule has 0 aromatic heterocycles. The Bertz CT molecular complexity index is 661. The molecule has 0 bridgehead atoms. The molecule has 2 aromatic rings. The van der Waals surface area contributed by atoms with E-state index in [1.807, 2.05) is 0 Å². The van der Waals surface area contributed by atoms with Gasteiger partial charge in [0, 0.05) is 0 Å². The number of hydrogen-bond donors (Lipinski definition) is 0. The Balaban J connectivity index is 1.98. The number of unbranched alkanes of at least 4 members (excludes halogenated alkanes) is 1. The van der Waals surface area contributed by atoms with Crippen LogP contribution >= 0.6 is 0 Å². The second-order valence-electron chi connectivity index (χ2n) is 8.94. The first kappa shape index (κ1) is 21.5. The molecule has 0 radical (unpaired) electrons. The van der Waals surface area contributed by atoms with Crippen molar-refractivity contribution in [2.24, 2.45) is 5.92 Å². The zero-order chi connectivity index (χ0) is 19.9. The summed E-state index contributed by atoms with van der Waals surface area (Å²) in [6.07, 6.45) is 5.09. The Labute approximate surface area is 167 Å². The van der Waals surface area contributed by atoms with Gasteiger partial charge in [-0.25, -0.2) is 0 Å². The van der Waals surface area contributed by atoms with Crippen molar-refractivity contribution in [1.29, 1.82) is 0 Å². The van der Waals surface area contributed by atoms with E-state index in [-0.39, 0.29) is 5.41 Å². The van der Waals surface area contributed by atoms with Crippen LogP contribution in [0.3, 0.4) is 0 Å². The SMILES string of the molecule is CCCCC(c1ccc(OCc2ccc(C(C)(C)C)cc2)cc1)C(C)CC. The molecule has 0 amide bonds. The molecule has 2 unspecified atom stereocenters. The standard InChI is InChI=1S/C26H38O/c1-7-9-10-25(20(3)8-2)22-13-17-24(18-14-22)27-19-21-11-15-23(16-12-21)26(4,5)6/h11-18,20,25H,7-10,19H2,1-6H3. The normalized spacial score (nSPS) is 14.0. The summed E-state index contributed by atoms with van der Waals surface area (Å²) in [6, 6.07) is 17.6. The number of rotatable bonds is 9. The molecule has 148 valence electrons. The molecule has 27 heavy (non-hydrogen) atoms. The maximum atomic E-state index is 6.02. The molecule has 1 heteroatoms. The lowest BCUT2D eigenvalue weighted by Gasteiger charge is -2.23. The quantitative estimate of drug-likeness (QED) is 0.438. The molecule has 2 rings (SSSR count). The van der Waals surface area contributed by atoms with Crippen LogP contribution in [-0.2, 0) is 12.0 Å². The van der Waals surface area contributed by atoms with Gasteiger partial charge in [0.05, 0.1) is 0 Å². The number of benzene rings is 2. The van der Waals surface area contributed by atoms with Gasteiger partial charge in [-0.2, -0.15) is 0 Å². The van der Waals surface area contributed by atoms with E-state index in [4.69, 9.17) is 4.74 Å². The first-order chi connectivity index (χ1) is 12.8. The molecule has 2 atom stereocenters. The van der Waals surface area contributed by atoms with E-state index in [0.717, 1.165) is 11.7 Å². The molecule has 0 heterocycles. The summed E-state index contributed by atoms with van der Waals surface area (Å²) in [4.78, 5) is 0. The summed E-state index contributed by atoms with van der Waals surface area (Å²) in [5.41, 5.74) is 4.23. The first-order valence-corrected chi connectivity index (χ1v) is 10.7. The van der Waals surface area contributed by atoms with Gasteiger partial charge in [0.1, 0.15) is 12.4 Å². The molecule has 0 N–H and O–H groups in total. The first-order valence-electron chi connectivity index (χ1n) is 10.7. The summed E-state index contributed by atoms with van der Waals surface area (Å²) < 4.78 is 6.02. The Morgan fingerprint density at radius 3 is 2.04 bits per heavy atom. The molecule has 0 spiro atoms. The minimum Gasteiger partial charge on any atom is -0.489 e. The fraction of sp³-hybridized carbons (Fsp3) is 0.538. The average Bonchev–Trinajstić information content (AvgIpc) is 2.67. The van der Waals surface area contributed by atoms with Gasteiger partial charge in [-0.15, -0.1) is 0 Å². The van der Waals surface area contributed by atoms with E-state index in [0.29, 0.717) is 12.5 Å². The van der Waals surface area contributed by atoms with Gasteiger partial charge in [0.25, 0.3) is 0 Å². The molecular formula is C26H38O. The molecule has 0 aliphatic rings. The predicted octanol–water partition coefficient (Wildman–Crippen LogP) is 7.88. The van der Waals surface area contributed by atoms with Crippen LogP contribution in [0.25, 0.3) is 0 Å². The van der Waals surface area contributed by atoms with Crippen molar-refractivity contribution in [3.05, 3.63) is 65.2 Å². The van der Waals surface area contributed by atoms with Crippen molar-refractivity contribution in [1.82, 2.24) is 0 Å². The van der Waals surface area contributed by atoms with Crippen LogP contribution in [0.15, 0.2) is 48.5 Å². The predicted molar refractivity (Wildman–Crippen MR) is 118 cm³/mol. The fourth-order valence-corrected chi connectivity index (χ4v) is 3.57. The highest BCUT2D eigenvalue weighted by atomic mass is 16.5. The topological polar surface area (TPSA) is 9.23 Å². The lowest BCUT2D eigenvalue weighted by atomic mass is 9.82. The van der Waals surface area contributed by atoms with Crippen molar-refractivity contribution >= 4 is 0 Å².